The number of aromatic nitrogens is 2. The molecule has 0 unspecified atom stereocenters. The van der Waals surface area contributed by atoms with Gasteiger partial charge in [0.1, 0.15) is 0 Å². The van der Waals surface area contributed by atoms with E-state index in [1.54, 1.807) is 17.5 Å². The summed E-state index contributed by atoms with van der Waals surface area (Å²) in [6, 6.07) is 11.9. The molecular weight excluding hydrogens is 320 g/mol. The first-order chi connectivity index (χ1) is 11.8. The minimum atomic E-state index is -0.0355. The number of nitrogens with zero attached hydrogens (tertiary/aromatic N) is 3. The van der Waals surface area contributed by atoms with Crippen LogP contribution >= 0.6 is 11.3 Å². The summed E-state index contributed by atoms with van der Waals surface area (Å²) in [5, 5.41) is 9.29. The maximum atomic E-state index is 12.4. The lowest BCUT2D eigenvalue weighted by Crippen LogP contribution is -2.38. The largest absolute Gasteiger partial charge is 0.322 e. The van der Waals surface area contributed by atoms with E-state index in [0.717, 1.165) is 30.8 Å². The van der Waals surface area contributed by atoms with E-state index >= 15 is 0 Å². The van der Waals surface area contributed by atoms with Gasteiger partial charge in [0.15, 0.2) is 0 Å². The summed E-state index contributed by atoms with van der Waals surface area (Å²) in [5.74, 6) is 0. The van der Waals surface area contributed by atoms with Crippen molar-refractivity contribution >= 4 is 23.1 Å². The highest BCUT2D eigenvalue weighted by atomic mass is 32.1. The van der Waals surface area contributed by atoms with Gasteiger partial charge in [0.25, 0.3) is 0 Å². The predicted octanol–water partition coefficient (Wildman–Crippen LogP) is 3.58. The summed E-state index contributed by atoms with van der Waals surface area (Å²) in [7, 11) is 0. The number of amides is 2. The molecule has 1 aliphatic heterocycles. The van der Waals surface area contributed by atoms with E-state index < -0.39 is 0 Å². The molecule has 0 fully saturated rings. The second-order valence-electron chi connectivity index (χ2n) is 5.87. The number of carbonyl (C=O) groups is 1. The van der Waals surface area contributed by atoms with Gasteiger partial charge < -0.3 is 10.2 Å². The summed E-state index contributed by atoms with van der Waals surface area (Å²) in [6.45, 7) is 2.20. The van der Waals surface area contributed by atoms with Crippen molar-refractivity contribution in [2.45, 2.75) is 19.5 Å². The second kappa shape index (κ2) is 6.49. The lowest BCUT2D eigenvalue weighted by Gasteiger charge is -2.27. The molecule has 1 N–H and O–H groups in total. The summed E-state index contributed by atoms with van der Waals surface area (Å²) >= 11 is 1.78. The van der Waals surface area contributed by atoms with Gasteiger partial charge in [-0.1, -0.05) is 12.1 Å². The zero-order valence-electron chi connectivity index (χ0n) is 13.2. The third kappa shape index (κ3) is 3.19. The number of anilines is 1. The van der Waals surface area contributed by atoms with Crippen molar-refractivity contribution < 1.29 is 4.79 Å². The molecule has 1 aromatic carbocycles. The van der Waals surface area contributed by atoms with Crippen molar-refractivity contribution in [1.29, 1.82) is 0 Å². The fraction of sp³-hybridized carbons (Fsp3) is 0.222. The lowest BCUT2D eigenvalue weighted by molar-refractivity contribution is 0.207. The zero-order valence-corrected chi connectivity index (χ0v) is 14.0. The Morgan fingerprint density at radius 1 is 1.25 bits per heavy atom. The quantitative estimate of drug-likeness (QED) is 0.793. The van der Waals surface area contributed by atoms with E-state index in [9.17, 15) is 4.79 Å². The Labute approximate surface area is 144 Å². The van der Waals surface area contributed by atoms with Crippen molar-refractivity contribution in [1.82, 2.24) is 14.7 Å². The molecule has 122 valence electrons. The maximum absolute atomic E-state index is 12.4. The summed E-state index contributed by atoms with van der Waals surface area (Å²) < 4.78 is 1.87. The topological polar surface area (TPSA) is 50.2 Å². The minimum absolute atomic E-state index is 0.0355. The van der Waals surface area contributed by atoms with E-state index in [4.69, 9.17) is 0 Å². The Hall–Kier alpha value is -2.60. The molecule has 0 spiro atoms. The second-order valence-corrected chi connectivity index (χ2v) is 6.87. The van der Waals surface area contributed by atoms with Gasteiger partial charge in [-0.3, -0.25) is 4.68 Å². The van der Waals surface area contributed by atoms with Crippen molar-refractivity contribution in [3.63, 3.8) is 0 Å². The van der Waals surface area contributed by atoms with Crippen molar-refractivity contribution in [3.8, 4) is 0 Å². The predicted molar refractivity (Wildman–Crippen MR) is 95.2 cm³/mol. The number of hydrogen-bond donors (Lipinski definition) is 1. The van der Waals surface area contributed by atoms with Crippen LogP contribution < -0.4 is 5.32 Å². The number of benzene rings is 1. The van der Waals surface area contributed by atoms with Crippen LogP contribution in [0.25, 0.3) is 0 Å². The molecule has 0 saturated heterocycles. The molecule has 0 radical (unpaired) electrons. The van der Waals surface area contributed by atoms with Gasteiger partial charge in [0.05, 0.1) is 6.54 Å². The fourth-order valence-corrected chi connectivity index (χ4v) is 3.79. The number of nitrogens with one attached hydrogen (secondary N) is 1. The molecule has 0 saturated carbocycles. The van der Waals surface area contributed by atoms with Crippen LogP contribution in [0.4, 0.5) is 10.5 Å². The third-order valence-corrected chi connectivity index (χ3v) is 5.23. The van der Waals surface area contributed by atoms with Crippen LogP contribution in [0.15, 0.2) is 54.2 Å². The standard InChI is InChI=1S/C18H18N4OS/c23-18(21-10-6-17-15(13-21)7-11-24-17)20-16-4-2-14(3-5-16)12-22-9-1-8-19-22/h1-5,7-9,11H,6,10,12-13H2,(H,20,23). The monoisotopic (exact) mass is 338 g/mol. The fourth-order valence-electron chi connectivity index (χ4n) is 2.90. The minimum Gasteiger partial charge on any atom is -0.320 e. The van der Waals surface area contributed by atoms with Crippen molar-refractivity contribution in [2.24, 2.45) is 0 Å². The van der Waals surface area contributed by atoms with Gasteiger partial charge in [-0.05, 0) is 47.2 Å². The van der Waals surface area contributed by atoms with Crippen LogP contribution in [0, 0.1) is 0 Å². The molecule has 0 aliphatic carbocycles. The summed E-state index contributed by atoms with van der Waals surface area (Å²) in [5.41, 5.74) is 3.24. The molecule has 4 rings (SSSR count). The lowest BCUT2D eigenvalue weighted by atomic mass is 10.1. The summed E-state index contributed by atoms with van der Waals surface area (Å²) in [4.78, 5) is 15.7. The third-order valence-electron chi connectivity index (χ3n) is 4.20. The first-order valence-electron chi connectivity index (χ1n) is 7.95. The van der Waals surface area contributed by atoms with Crippen LogP contribution in [0.1, 0.15) is 16.0 Å². The van der Waals surface area contributed by atoms with E-state index in [-0.39, 0.29) is 6.03 Å². The van der Waals surface area contributed by atoms with Crippen LogP contribution in [-0.2, 0) is 19.5 Å². The van der Waals surface area contributed by atoms with Gasteiger partial charge in [-0.15, -0.1) is 11.3 Å². The molecule has 24 heavy (non-hydrogen) atoms. The highest BCUT2D eigenvalue weighted by molar-refractivity contribution is 7.10. The highest BCUT2D eigenvalue weighted by Gasteiger charge is 2.21. The molecule has 2 amide bonds. The van der Waals surface area contributed by atoms with E-state index in [1.165, 1.54) is 10.4 Å². The molecule has 0 bridgehead atoms. The Kier molecular flexibility index (Phi) is 4.04. The molecule has 6 heteroatoms. The Balaban J connectivity index is 1.37. The Morgan fingerprint density at radius 2 is 2.12 bits per heavy atom. The highest BCUT2D eigenvalue weighted by Crippen LogP contribution is 2.24. The van der Waals surface area contributed by atoms with Crippen LogP contribution in [0.5, 0.6) is 0 Å². The number of thiophene rings is 1. The normalized spacial score (nSPS) is 13.6. The van der Waals surface area contributed by atoms with Crippen molar-refractivity contribution in [2.75, 3.05) is 11.9 Å². The first-order valence-corrected chi connectivity index (χ1v) is 8.83. The van der Waals surface area contributed by atoms with Gasteiger partial charge in [-0.2, -0.15) is 5.10 Å². The number of urea groups is 1. The van der Waals surface area contributed by atoms with Gasteiger partial charge in [0.2, 0.25) is 0 Å². The van der Waals surface area contributed by atoms with E-state index in [0.29, 0.717) is 6.54 Å². The molecule has 0 atom stereocenters. The van der Waals surface area contributed by atoms with E-state index in [1.807, 2.05) is 46.1 Å². The number of rotatable bonds is 3. The molecule has 1 aliphatic rings. The average Bonchev–Trinajstić information content (AvgIpc) is 3.27. The van der Waals surface area contributed by atoms with E-state index in [2.05, 4.69) is 21.9 Å². The SMILES string of the molecule is O=C(Nc1ccc(Cn2cccn2)cc1)N1CCc2sccc2C1. The molecule has 3 heterocycles. The average molecular weight is 338 g/mol. The molecule has 3 aromatic rings. The molecular formula is C18H18N4OS. The van der Waals surface area contributed by atoms with Gasteiger partial charge >= 0.3 is 6.03 Å². The van der Waals surface area contributed by atoms with Gasteiger partial charge in [-0.25, -0.2) is 4.79 Å². The first kappa shape index (κ1) is 15.0. The van der Waals surface area contributed by atoms with Crippen molar-refractivity contribution in [3.05, 3.63) is 70.2 Å². The Morgan fingerprint density at radius 3 is 2.92 bits per heavy atom. The Bertz CT molecular complexity index is 823. The van der Waals surface area contributed by atoms with Gasteiger partial charge in [0, 0.05) is 36.0 Å². The number of carbonyl (C=O) groups excluding carboxylic acids is 1. The smallest absolute Gasteiger partial charge is 0.320 e. The van der Waals surface area contributed by atoms with Crippen LogP contribution in [0.2, 0.25) is 0 Å². The summed E-state index contributed by atoms with van der Waals surface area (Å²) in [6.07, 6.45) is 4.65. The number of hydrogen-bond acceptors (Lipinski definition) is 3. The van der Waals surface area contributed by atoms with Crippen LogP contribution in [-0.4, -0.2) is 27.3 Å². The van der Waals surface area contributed by atoms with Crippen LogP contribution in [0.3, 0.4) is 0 Å². The number of fused-ring (bicyclic) bond motifs is 1. The molecule has 5 nitrogen and oxygen atoms in total. The zero-order chi connectivity index (χ0) is 16.4. The molecule has 2 aromatic heterocycles. The maximum Gasteiger partial charge on any atom is 0.322 e.